The molecule has 5 heterocycles. The Labute approximate surface area is 246 Å². The van der Waals surface area contributed by atoms with Crippen LogP contribution in [-0.4, -0.2) is 98.9 Å². The minimum atomic E-state index is -0.381. The number of aryl methyl sites for hydroxylation is 2. The van der Waals surface area contributed by atoms with Crippen LogP contribution in [0.3, 0.4) is 0 Å². The van der Waals surface area contributed by atoms with Crippen LogP contribution in [0.5, 0.6) is 0 Å². The van der Waals surface area contributed by atoms with Crippen molar-refractivity contribution in [3.63, 3.8) is 0 Å². The summed E-state index contributed by atoms with van der Waals surface area (Å²) in [5.74, 6) is 0.933. The predicted molar refractivity (Wildman–Crippen MR) is 161 cm³/mol. The lowest BCUT2D eigenvalue weighted by atomic mass is 10.1. The van der Waals surface area contributed by atoms with Crippen LogP contribution >= 0.6 is 22.7 Å². The van der Waals surface area contributed by atoms with Crippen LogP contribution in [0.2, 0.25) is 0 Å². The van der Waals surface area contributed by atoms with Crippen molar-refractivity contribution in [1.29, 1.82) is 5.26 Å². The lowest BCUT2D eigenvalue weighted by Crippen LogP contribution is -2.59. The lowest BCUT2D eigenvalue weighted by Gasteiger charge is -2.42. The fourth-order valence-corrected chi connectivity index (χ4v) is 7.13. The van der Waals surface area contributed by atoms with Crippen molar-refractivity contribution in [1.82, 2.24) is 29.4 Å². The summed E-state index contributed by atoms with van der Waals surface area (Å²) in [5, 5.41) is 26.0. The number of aliphatic hydroxyl groups is 1. The average Bonchev–Trinajstić information content (AvgIpc) is 3.65. The number of aliphatic hydroxyl groups excluding tert-OH is 1. The van der Waals surface area contributed by atoms with Crippen molar-refractivity contribution in [3.8, 4) is 17.3 Å². The van der Waals surface area contributed by atoms with Gasteiger partial charge < -0.3 is 19.8 Å². The molecule has 2 aliphatic heterocycles. The van der Waals surface area contributed by atoms with E-state index < -0.39 is 0 Å². The summed E-state index contributed by atoms with van der Waals surface area (Å²) in [6, 6.07) is 10.6. The monoisotopic (exact) mass is 591 g/mol. The fourth-order valence-electron chi connectivity index (χ4n) is 5.33. The first kappa shape index (κ1) is 27.6. The van der Waals surface area contributed by atoms with Gasteiger partial charge in [-0.2, -0.15) is 9.78 Å². The number of piperazine rings is 1. The topological polar surface area (TPSA) is 117 Å². The summed E-state index contributed by atoms with van der Waals surface area (Å²) >= 11 is 2.93. The normalized spacial score (nSPS) is 18.1. The Morgan fingerprint density at radius 1 is 1.17 bits per heavy atom. The van der Waals surface area contributed by atoms with Gasteiger partial charge in [-0.1, -0.05) is 59.4 Å². The van der Waals surface area contributed by atoms with Gasteiger partial charge in [-0.15, -0.1) is 5.10 Å². The van der Waals surface area contributed by atoms with Crippen LogP contribution in [0, 0.1) is 18.3 Å². The number of fused-ring (bicyclic) bond motifs is 1. The molecule has 4 aromatic rings. The van der Waals surface area contributed by atoms with Gasteiger partial charge in [-0.25, -0.2) is 9.97 Å². The number of nitriles is 1. The SMILES string of the molecule is CCc1nc2sc(N3CCN(CC(=O)N4CC(O)C4)[C@@H](C)C3)nn2c1N(C)c1nc(-c2ccc(C)cc2)c(C#N)s1. The molecule has 2 aliphatic rings. The zero-order chi connectivity index (χ0) is 28.8. The van der Waals surface area contributed by atoms with E-state index in [1.165, 1.54) is 11.3 Å². The van der Waals surface area contributed by atoms with Gasteiger partial charge >= 0.3 is 0 Å². The molecule has 11 nitrogen and oxygen atoms in total. The molecule has 1 aromatic carbocycles. The second-order valence-corrected chi connectivity index (χ2v) is 12.7. The van der Waals surface area contributed by atoms with E-state index in [-0.39, 0.29) is 18.1 Å². The highest BCUT2D eigenvalue weighted by Crippen LogP contribution is 2.38. The van der Waals surface area contributed by atoms with Crippen molar-refractivity contribution in [3.05, 3.63) is 40.4 Å². The molecule has 2 saturated heterocycles. The summed E-state index contributed by atoms with van der Waals surface area (Å²) in [6.45, 7) is 9.79. The standard InChI is InChI=1S/C28H33N9O2S2/c1-5-21-25(33(4)26-31-24(22(12-29)40-26)19-8-6-17(2)7-9-19)37-27(30-21)41-28(32-37)35-11-10-34(18(3)13-35)16-23(39)36-14-20(38)15-36/h6-9,18,20,38H,5,10-11,13-16H2,1-4H3/t18-/m0/s1. The molecule has 2 fully saturated rings. The molecule has 0 aliphatic carbocycles. The minimum absolute atomic E-state index is 0.0790. The first-order valence-electron chi connectivity index (χ1n) is 13.8. The van der Waals surface area contributed by atoms with Gasteiger partial charge in [0.25, 0.3) is 0 Å². The molecule has 41 heavy (non-hydrogen) atoms. The van der Waals surface area contributed by atoms with Crippen LogP contribution in [0.4, 0.5) is 16.1 Å². The molecule has 0 bridgehead atoms. The number of thiazole rings is 1. The molecule has 0 unspecified atom stereocenters. The molecule has 0 spiro atoms. The Morgan fingerprint density at radius 2 is 1.93 bits per heavy atom. The largest absolute Gasteiger partial charge is 0.389 e. The number of rotatable bonds is 7. The van der Waals surface area contributed by atoms with Crippen molar-refractivity contribution in [2.45, 2.75) is 39.3 Å². The van der Waals surface area contributed by atoms with E-state index >= 15 is 0 Å². The summed E-state index contributed by atoms with van der Waals surface area (Å²) in [6.07, 6.45) is 0.359. The number of carbonyl (C=O) groups is 1. The minimum Gasteiger partial charge on any atom is -0.389 e. The van der Waals surface area contributed by atoms with Gasteiger partial charge in [0.1, 0.15) is 16.6 Å². The number of benzene rings is 1. The van der Waals surface area contributed by atoms with Gasteiger partial charge in [0.05, 0.1) is 18.3 Å². The number of nitrogens with zero attached hydrogens (tertiary/aromatic N) is 9. The molecule has 3 aromatic heterocycles. The van der Waals surface area contributed by atoms with Crippen LogP contribution in [0.1, 0.15) is 30.0 Å². The molecular formula is C28H33N9O2S2. The van der Waals surface area contributed by atoms with E-state index in [9.17, 15) is 15.2 Å². The van der Waals surface area contributed by atoms with Gasteiger partial charge in [-0.3, -0.25) is 9.69 Å². The predicted octanol–water partition coefficient (Wildman–Crippen LogP) is 3.14. The Kier molecular flexibility index (Phi) is 7.41. The number of amides is 1. The summed E-state index contributed by atoms with van der Waals surface area (Å²) < 4.78 is 1.90. The number of β-amino-alcohol motifs (C(OH)–C–C–N with tert-alkyl or cyclic N) is 1. The Bertz CT molecular complexity index is 1610. The highest BCUT2D eigenvalue weighted by Gasteiger charge is 2.33. The number of carbonyl (C=O) groups excluding carboxylic acids is 1. The van der Waals surface area contributed by atoms with E-state index in [4.69, 9.17) is 15.1 Å². The third-order valence-electron chi connectivity index (χ3n) is 7.81. The van der Waals surface area contributed by atoms with Crippen LogP contribution in [0.25, 0.3) is 16.2 Å². The first-order chi connectivity index (χ1) is 19.7. The van der Waals surface area contributed by atoms with E-state index in [1.54, 1.807) is 16.2 Å². The van der Waals surface area contributed by atoms with E-state index in [2.05, 4.69) is 29.7 Å². The molecule has 1 amide bonds. The lowest BCUT2D eigenvalue weighted by molar-refractivity contribution is -0.143. The summed E-state index contributed by atoms with van der Waals surface area (Å²) in [5.41, 5.74) is 3.69. The first-order valence-corrected chi connectivity index (χ1v) is 15.4. The van der Waals surface area contributed by atoms with E-state index in [0.29, 0.717) is 35.3 Å². The Balaban J connectivity index is 1.23. The van der Waals surface area contributed by atoms with E-state index in [0.717, 1.165) is 58.8 Å². The molecule has 0 radical (unpaired) electrons. The van der Waals surface area contributed by atoms with Crippen LogP contribution in [0.15, 0.2) is 24.3 Å². The highest BCUT2D eigenvalue weighted by atomic mass is 32.1. The summed E-state index contributed by atoms with van der Waals surface area (Å²) in [7, 11) is 1.95. The van der Waals surface area contributed by atoms with Crippen molar-refractivity contribution in [2.24, 2.45) is 0 Å². The molecule has 214 valence electrons. The molecule has 1 N–H and O–H groups in total. The van der Waals surface area contributed by atoms with Crippen LogP contribution < -0.4 is 9.80 Å². The number of anilines is 3. The van der Waals surface area contributed by atoms with Gasteiger partial charge in [0, 0.05) is 51.4 Å². The zero-order valence-corrected chi connectivity index (χ0v) is 25.2. The van der Waals surface area contributed by atoms with Crippen molar-refractivity contribution < 1.29 is 9.90 Å². The average molecular weight is 592 g/mol. The summed E-state index contributed by atoms with van der Waals surface area (Å²) in [4.78, 5) is 31.9. The van der Waals surface area contributed by atoms with Gasteiger partial charge in [0.15, 0.2) is 10.9 Å². The maximum absolute atomic E-state index is 12.5. The van der Waals surface area contributed by atoms with Gasteiger partial charge in [0.2, 0.25) is 16.0 Å². The Hall–Kier alpha value is -3.57. The molecular weight excluding hydrogens is 559 g/mol. The number of aromatic nitrogens is 4. The highest BCUT2D eigenvalue weighted by molar-refractivity contribution is 7.20. The molecule has 13 heteroatoms. The number of imidazole rings is 1. The third-order valence-corrected chi connectivity index (χ3v) is 9.82. The van der Waals surface area contributed by atoms with Crippen LogP contribution in [-0.2, 0) is 11.2 Å². The van der Waals surface area contributed by atoms with Crippen molar-refractivity contribution in [2.75, 3.05) is 56.1 Å². The third kappa shape index (κ3) is 5.17. The van der Waals surface area contributed by atoms with E-state index in [1.807, 2.05) is 47.7 Å². The maximum Gasteiger partial charge on any atom is 0.236 e. The zero-order valence-electron chi connectivity index (χ0n) is 23.6. The van der Waals surface area contributed by atoms with Crippen molar-refractivity contribution >= 4 is 49.6 Å². The Morgan fingerprint density at radius 3 is 2.59 bits per heavy atom. The molecule has 0 saturated carbocycles. The maximum atomic E-state index is 12.5. The number of hydrogen-bond acceptors (Lipinski definition) is 11. The second-order valence-electron chi connectivity index (χ2n) is 10.7. The fraction of sp³-hybridized carbons (Fsp3) is 0.464. The number of likely N-dealkylation sites (tertiary alicyclic amines) is 1. The molecule has 1 atom stereocenters. The smallest absolute Gasteiger partial charge is 0.236 e. The number of hydrogen-bond donors (Lipinski definition) is 1. The quantitative estimate of drug-likeness (QED) is 0.346. The second kappa shape index (κ2) is 11.0. The van der Waals surface area contributed by atoms with Gasteiger partial charge in [-0.05, 0) is 20.3 Å². The molecule has 6 rings (SSSR count).